The summed E-state index contributed by atoms with van der Waals surface area (Å²) in [7, 11) is -3.27. The number of sulfonamides is 1. The lowest BCUT2D eigenvalue weighted by molar-refractivity contribution is 0.376. The third-order valence-electron chi connectivity index (χ3n) is 2.79. The van der Waals surface area contributed by atoms with Gasteiger partial charge < -0.3 is 4.52 Å². The molecule has 0 unspecified atom stereocenters. The van der Waals surface area contributed by atoms with Crippen LogP contribution in [-0.2, 0) is 16.6 Å². The van der Waals surface area contributed by atoms with Gasteiger partial charge in [-0.05, 0) is 11.5 Å². The standard InChI is InChI=1S/C13H17N3O3S/c1-9(2)10-4-6-11(7-5-10)13-15-12(19-16-13)8-14-20(3,17)18/h4-7,9,14H,8H2,1-3H3. The molecule has 0 aliphatic rings. The highest BCUT2D eigenvalue weighted by Gasteiger charge is 2.10. The molecule has 0 amide bonds. The number of hydrogen-bond acceptors (Lipinski definition) is 5. The average Bonchev–Trinajstić information content (AvgIpc) is 2.84. The number of hydrogen-bond donors (Lipinski definition) is 1. The van der Waals surface area contributed by atoms with Crippen LogP contribution in [0, 0.1) is 0 Å². The molecule has 0 saturated carbocycles. The zero-order valence-corrected chi connectivity index (χ0v) is 12.4. The van der Waals surface area contributed by atoms with Crippen molar-refractivity contribution in [1.29, 1.82) is 0 Å². The smallest absolute Gasteiger partial charge is 0.242 e. The molecule has 0 aliphatic heterocycles. The van der Waals surface area contributed by atoms with E-state index in [0.717, 1.165) is 11.8 Å². The van der Waals surface area contributed by atoms with Gasteiger partial charge in [-0.2, -0.15) is 4.98 Å². The molecule has 108 valence electrons. The zero-order valence-electron chi connectivity index (χ0n) is 11.6. The fourth-order valence-electron chi connectivity index (χ4n) is 1.65. The first kappa shape index (κ1) is 14.7. The van der Waals surface area contributed by atoms with Gasteiger partial charge in [-0.15, -0.1) is 0 Å². The predicted molar refractivity (Wildman–Crippen MR) is 75.5 cm³/mol. The van der Waals surface area contributed by atoms with Crippen LogP contribution in [0.25, 0.3) is 11.4 Å². The molecule has 0 aliphatic carbocycles. The number of rotatable bonds is 5. The van der Waals surface area contributed by atoms with Crippen molar-refractivity contribution in [3.63, 3.8) is 0 Å². The second-order valence-corrected chi connectivity index (χ2v) is 6.71. The highest BCUT2D eigenvalue weighted by atomic mass is 32.2. The molecule has 7 heteroatoms. The van der Waals surface area contributed by atoms with Gasteiger partial charge in [-0.3, -0.25) is 0 Å². The lowest BCUT2D eigenvalue weighted by atomic mass is 10.0. The van der Waals surface area contributed by atoms with Crippen molar-refractivity contribution in [2.75, 3.05) is 6.26 Å². The monoisotopic (exact) mass is 295 g/mol. The first-order valence-corrected chi connectivity index (χ1v) is 8.12. The number of aromatic nitrogens is 2. The molecule has 2 rings (SSSR count). The normalized spacial score (nSPS) is 12.0. The summed E-state index contributed by atoms with van der Waals surface area (Å²) in [5, 5.41) is 3.84. The molecule has 2 aromatic rings. The quantitative estimate of drug-likeness (QED) is 0.910. The summed E-state index contributed by atoms with van der Waals surface area (Å²) in [6.07, 6.45) is 1.08. The Balaban J connectivity index is 2.12. The van der Waals surface area contributed by atoms with Crippen LogP contribution in [0.1, 0.15) is 31.2 Å². The second kappa shape index (κ2) is 5.72. The largest absolute Gasteiger partial charge is 0.338 e. The summed E-state index contributed by atoms with van der Waals surface area (Å²) in [6.45, 7) is 4.24. The van der Waals surface area contributed by atoms with Crippen LogP contribution in [0.15, 0.2) is 28.8 Å². The molecule has 6 nitrogen and oxygen atoms in total. The maximum Gasteiger partial charge on any atom is 0.242 e. The summed E-state index contributed by atoms with van der Waals surface area (Å²) in [5.74, 6) is 1.15. The van der Waals surface area contributed by atoms with Gasteiger partial charge in [0.05, 0.1) is 12.8 Å². The van der Waals surface area contributed by atoms with E-state index < -0.39 is 10.0 Å². The van der Waals surface area contributed by atoms with Gasteiger partial charge >= 0.3 is 0 Å². The summed E-state index contributed by atoms with van der Waals surface area (Å²) >= 11 is 0. The molecular formula is C13H17N3O3S. The van der Waals surface area contributed by atoms with E-state index in [1.54, 1.807) is 0 Å². The third-order valence-corrected chi connectivity index (χ3v) is 3.46. The molecule has 0 bridgehead atoms. The summed E-state index contributed by atoms with van der Waals surface area (Å²) in [5.41, 5.74) is 2.07. The minimum Gasteiger partial charge on any atom is -0.338 e. The van der Waals surface area contributed by atoms with E-state index in [4.69, 9.17) is 4.52 Å². The first-order valence-electron chi connectivity index (χ1n) is 6.23. The summed E-state index contributed by atoms with van der Waals surface area (Å²) in [4.78, 5) is 4.15. The lowest BCUT2D eigenvalue weighted by Gasteiger charge is -2.04. The Bertz CT molecular complexity index is 675. The van der Waals surface area contributed by atoms with Crippen molar-refractivity contribution in [3.05, 3.63) is 35.7 Å². The van der Waals surface area contributed by atoms with E-state index in [9.17, 15) is 8.42 Å². The average molecular weight is 295 g/mol. The van der Waals surface area contributed by atoms with Crippen molar-refractivity contribution >= 4 is 10.0 Å². The van der Waals surface area contributed by atoms with Gasteiger partial charge in [0.25, 0.3) is 0 Å². The summed E-state index contributed by atoms with van der Waals surface area (Å²) < 4.78 is 29.3. The van der Waals surface area contributed by atoms with Gasteiger partial charge in [-0.1, -0.05) is 43.3 Å². The SMILES string of the molecule is CC(C)c1ccc(-c2noc(CNS(C)(=O)=O)n2)cc1. The fraction of sp³-hybridized carbons (Fsp3) is 0.385. The van der Waals surface area contributed by atoms with Crippen molar-refractivity contribution in [2.24, 2.45) is 0 Å². The molecule has 1 N–H and O–H groups in total. The molecule has 0 spiro atoms. The minimum atomic E-state index is -3.27. The molecule has 1 aromatic carbocycles. The van der Waals surface area contributed by atoms with Crippen molar-refractivity contribution < 1.29 is 12.9 Å². The van der Waals surface area contributed by atoms with Crippen LogP contribution < -0.4 is 4.72 Å². The van der Waals surface area contributed by atoms with E-state index in [-0.39, 0.29) is 12.4 Å². The van der Waals surface area contributed by atoms with E-state index in [1.807, 2.05) is 24.3 Å². The fourth-order valence-corrected chi connectivity index (χ4v) is 2.04. The van der Waals surface area contributed by atoms with Crippen LogP contribution in [-0.4, -0.2) is 24.8 Å². The number of nitrogens with one attached hydrogen (secondary N) is 1. The van der Waals surface area contributed by atoms with Gasteiger partial charge in [0.2, 0.25) is 21.7 Å². The zero-order chi connectivity index (χ0) is 14.8. The molecule has 0 fully saturated rings. The number of nitrogens with zero attached hydrogens (tertiary/aromatic N) is 2. The van der Waals surface area contributed by atoms with Crippen LogP contribution >= 0.6 is 0 Å². The Morgan fingerprint density at radius 1 is 1.25 bits per heavy atom. The molecule has 0 saturated heterocycles. The van der Waals surface area contributed by atoms with E-state index in [0.29, 0.717) is 11.7 Å². The maximum absolute atomic E-state index is 11.0. The Labute approximate surface area is 118 Å². The van der Waals surface area contributed by atoms with Crippen molar-refractivity contribution in [2.45, 2.75) is 26.3 Å². The van der Waals surface area contributed by atoms with Crippen LogP contribution in [0.3, 0.4) is 0 Å². The second-order valence-electron chi connectivity index (χ2n) is 4.88. The van der Waals surface area contributed by atoms with Gasteiger partial charge in [0, 0.05) is 5.56 Å². The third kappa shape index (κ3) is 3.88. The van der Waals surface area contributed by atoms with E-state index in [1.165, 1.54) is 5.56 Å². The Morgan fingerprint density at radius 2 is 1.90 bits per heavy atom. The highest BCUT2D eigenvalue weighted by molar-refractivity contribution is 7.88. The topological polar surface area (TPSA) is 85.1 Å². The predicted octanol–water partition coefficient (Wildman–Crippen LogP) is 1.91. The Morgan fingerprint density at radius 3 is 2.45 bits per heavy atom. The summed E-state index contributed by atoms with van der Waals surface area (Å²) in [6, 6.07) is 7.89. The van der Waals surface area contributed by atoms with Crippen LogP contribution in [0.5, 0.6) is 0 Å². The van der Waals surface area contributed by atoms with Crippen LogP contribution in [0.2, 0.25) is 0 Å². The molecule has 1 aromatic heterocycles. The highest BCUT2D eigenvalue weighted by Crippen LogP contribution is 2.20. The van der Waals surface area contributed by atoms with E-state index >= 15 is 0 Å². The van der Waals surface area contributed by atoms with Crippen molar-refractivity contribution in [3.8, 4) is 11.4 Å². The molecule has 1 heterocycles. The number of benzene rings is 1. The molecule has 0 radical (unpaired) electrons. The van der Waals surface area contributed by atoms with Crippen molar-refractivity contribution in [1.82, 2.24) is 14.9 Å². The van der Waals surface area contributed by atoms with Gasteiger partial charge in [-0.25, -0.2) is 13.1 Å². The molecule has 20 heavy (non-hydrogen) atoms. The Kier molecular flexibility index (Phi) is 4.20. The maximum atomic E-state index is 11.0. The van der Waals surface area contributed by atoms with Gasteiger partial charge in [0.1, 0.15) is 0 Å². The first-order chi connectivity index (χ1) is 9.35. The van der Waals surface area contributed by atoms with Crippen LogP contribution in [0.4, 0.5) is 0 Å². The lowest BCUT2D eigenvalue weighted by Crippen LogP contribution is -2.21. The molecular weight excluding hydrogens is 278 g/mol. The van der Waals surface area contributed by atoms with Gasteiger partial charge in [0.15, 0.2) is 0 Å². The molecule has 0 atom stereocenters. The minimum absolute atomic E-state index is 0.00406. The van der Waals surface area contributed by atoms with E-state index in [2.05, 4.69) is 28.7 Å². The Hall–Kier alpha value is -1.73.